The van der Waals surface area contributed by atoms with E-state index >= 15 is 0 Å². The molecule has 1 aromatic carbocycles. The molecule has 6 nitrogen and oxygen atoms in total. The molecule has 2 amide bonds. The van der Waals surface area contributed by atoms with Crippen molar-refractivity contribution in [1.29, 1.82) is 0 Å². The Morgan fingerprint density at radius 1 is 0.900 bits per heavy atom. The number of likely N-dealkylation sites (tertiary alicyclic amines) is 1. The zero-order valence-corrected chi connectivity index (χ0v) is 17.5. The van der Waals surface area contributed by atoms with Gasteiger partial charge in [0.25, 0.3) is 0 Å². The SMILES string of the molecule is O=C1CCC(C2Cc3cc(C4CCN(C5CCNCC5)CC4)ccc3C2=O)C(=O)N1. The highest BCUT2D eigenvalue weighted by molar-refractivity contribution is 6.07. The van der Waals surface area contributed by atoms with Crippen LogP contribution in [0.15, 0.2) is 18.2 Å². The molecule has 5 rings (SSSR count). The fourth-order valence-electron chi connectivity index (χ4n) is 6.00. The summed E-state index contributed by atoms with van der Waals surface area (Å²) in [6, 6.07) is 7.08. The Morgan fingerprint density at radius 2 is 1.67 bits per heavy atom. The molecule has 2 atom stereocenters. The summed E-state index contributed by atoms with van der Waals surface area (Å²) in [7, 11) is 0. The van der Waals surface area contributed by atoms with E-state index in [9.17, 15) is 14.4 Å². The first-order valence-corrected chi connectivity index (χ1v) is 11.6. The number of amides is 2. The summed E-state index contributed by atoms with van der Waals surface area (Å²) in [5.41, 5.74) is 3.21. The lowest BCUT2D eigenvalue weighted by Gasteiger charge is -2.39. The number of nitrogens with zero attached hydrogens (tertiary/aromatic N) is 1. The van der Waals surface area contributed by atoms with Gasteiger partial charge < -0.3 is 10.2 Å². The van der Waals surface area contributed by atoms with Crippen LogP contribution in [0.1, 0.15) is 65.9 Å². The summed E-state index contributed by atoms with van der Waals surface area (Å²) >= 11 is 0. The molecule has 0 spiro atoms. The molecule has 3 saturated heterocycles. The van der Waals surface area contributed by atoms with Crippen molar-refractivity contribution < 1.29 is 14.4 Å². The smallest absolute Gasteiger partial charge is 0.230 e. The molecule has 3 heterocycles. The molecule has 6 heteroatoms. The van der Waals surface area contributed by atoms with Gasteiger partial charge >= 0.3 is 0 Å². The summed E-state index contributed by atoms with van der Waals surface area (Å²) in [5, 5.41) is 5.86. The monoisotopic (exact) mass is 409 g/mol. The Morgan fingerprint density at radius 3 is 2.40 bits per heavy atom. The molecule has 4 aliphatic rings. The van der Waals surface area contributed by atoms with Gasteiger partial charge in [-0.25, -0.2) is 0 Å². The molecule has 1 aromatic rings. The van der Waals surface area contributed by atoms with E-state index in [1.54, 1.807) is 0 Å². The topological polar surface area (TPSA) is 78.5 Å². The number of piperidine rings is 3. The van der Waals surface area contributed by atoms with Gasteiger partial charge in [-0.15, -0.1) is 0 Å². The fraction of sp³-hybridized carbons (Fsp3) is 0.625. The summed E-state index contributed by atoms with van der Waals surface area (Å²) in [5.74, 6) is -0.561. The van der Waals surface area contributed by atoms with E-state index in [1.807, 2.05) is 6.07 Å². The standard InChI is InChI=1S/C24H31N3O3/c28-22-4-3-20(24(30)26-22)21-14-17-13-16(1-2-19(17)23(21)29)15-7-11-27(12-8-15)18-5-9-25-10-6-18/h1-2,13,15,18,20-21,25H,3-12,14H2,(H,26,28,30). The summed E-state index contributed by atoms with van der Waals surface area (Å²) < 4.78 is 0. The second-order valence-corrected chi connectivity index (χ2v) is 9.44. The maximum absolute atomic E-state index is 13.0. The number of ketones is 1. The molecule has 2 unspecified atom stereocenters. The Labute approximate surface area is 177 Å². The molecule has 3 aliphatic heterocycles. The largest absolute Gasteiger partial charge is 0.317 e. The van der Waals surface area contributed by atoms with Crippen molar-refractivity contribution in [2.24, 2.45) is 11.8 Å². The van der Waals surface area contributed by atoms with Crippen LogP contribution in [0, 0.1) is 11.8 Å². The van der Waals surface area contributed by atoms with Crippen LogP contribution in [-0.4, -0.2) is 54.7 Å². The van der Waals surface area contributed by atoms with Crippen LogP contribution in [0.5, 0.6) is 0 Å². The number of nitrogens with one attached hydrogen (secondary N) is 2. The van der Waals surface area contributed by atoms with Crippen molar-refractivity contribution in [1.82, 2.24) is 15.5 Å². The number of carbonyl (C=O) groups is 3. The molecular weight excluding hydrogens is 378 g/mol. The van der Waals surface area contributed by atoms with Gasteiger partial charge in [-0.2, -0.15) is 0 Å². The molecule has 0 aromatic heterocycles. The molecule has 0 bridgehead atoms. The van der Waals surface area contributed by atoms with Gasteiger partial charge in [0.05, 0.1) is 0 Å². The van der Waals surface area contributed by atoms with Crippen LogP contribution in [0.4, 0.5) is 0 Å². The maximum Gasteiger partial charge on any atom is 0.230 e. The van der Waals surface area contributed by atoms with Crippen LogP contribution in [0.3, 0.4) is 0 Å². The first-order chi connectivity index (χ1) is 14.6. The van der Waals surface area contributed by atoms with Crippen LogP contribution >= 0.6 is 0 Å². The number of fused-ring (bicyclic) bond motifs is 1. The minimum absolute atomic E-state index is 0.0757. The van der Waals surface area contributed by atoms with Gasteiger partial charge in [-0.05, 0) is 81.7 Å². The van der Waals surface area contributed by atoms with Crippen molar-refractivity contribution in [3.05, 3.63) is 34.9 Å². The summed E-state index contributed by atoms with van der Waals surface area (Å²) in [4.78, 5) is 39.4. The van der Waals surface area contributed by atoms with Crippen LogP contribution < -0.4 is 10.6 Å². The van der Waals surface area contributed by atoms with E-state index < -0.39 is 0 Å². The highest BCUT2D eigenvalue weighted by Crippen LogP contribution is 2.38. The molecule has 0 radical (unpaired) electrons. The molecule has 0 saturated carbocycles. The number of hydrogen-bond donors (Lipinski definition) is 2. The van der Waals surface area contributed by atoms with E-state index in [4.69, 9.17) is 0 Å². The molecule has 30 heavy (non-hydrogen) atoms. The molecular formula is C24H31N3O3. The average Bonchev–Trinajstić information content (AvgIpc) is 3.10. The number of rotatable bonds is 3. The Balaban J connectivity index is 1.25. The highest BCUT2D eigenvalue weighted by Gasteiger charge is 2.42. The summed E-state index contributed by atoms with van der Waals surface area (Å²) in [6.45, 7) is 4.59. The van der Waals surface area contributed by atoms with E-state index in [0.717, 1.165) is 43.3 Å². The number of Topliss-reactive ketones (excluding diaryl/α,β-unsaturated/α-hetero) is 1. The lowest BCUT2D eigenvalue weighted by Crippen LogP contribution is -2.46. The number of imide groups is 1. The maximum atomic E-state index is 13.0. The van der Waals surface area contributed by atoms with E-state index in [2.05, 4.69) is 27.7 Å². The second kappa shape index (κ2) is 8.23. The predicted octanol–water partition coefficient (Wildman–Crippen LogP) is 2.03. The quantitative estimate of drug-likeness (QED) is 0.747. The third-order valence-corrected chi connectivity index (χ3v) is 7.76. The predicted molar refractivity (Wildman–Crippen MR) is 113 cm³/mol. The molecule has 1 aliphatic carbocycles. The van der Waals surface area contributed by atoms with Crippen molar-refractivity contribution >= 4 is 17.6 Å². The molecule has 2 N–H and O–H groups in total. The lowest BCUT2D eigenvalue weighted by molar-refractivity contribution is -0.137. The van der Waals surface area contributed by atoms with Crippen LogP contribution in [0.25, 0.3) is 0 Å². The lowest BCUT2D eigenvalue weighted by atomic mass is 9.83. The van der Waals surface area contributed by atoms with Gasteiger partial charge in [-0.3, -0.25) is 19.7 Å². The highest BCUT2D eigenvalue weighted by atomic mass is 16.2. The van der Waals surface area contributed by atoms with E-state index in [-0.39, 0.29) is 29.4 Å². The van der Waals surface area contributed by atoms with Gasteiger partial charge in [-0.1, -0.05) is 18.2 Å². The van der Waals surface area contributed by atoms with E-state index in [1.165, 1.54) is 31.2 Å². The summed E-state index contributed by atoms with van der Waals surface area (Å²) in [6.07, 6.45) is 6.30. The third-order valence-electron chi connectivity index (χ3n) is 7.76. The van der Waals surface area contributed by atoms with Crippen LogP contribution in [0.2, 0.25) is 0 Å². The number of benzene rings is 1. The zero-order valence-electron chi connectivity index (χ0n) is 17.5. The van der Waals surface area contributed by atoms with Gasteiger partial charge in [0.1, 0.15) is 0 Å². The number of carbonyl (C=O) groups excluding carboxylic acids is 3. The molecule has 160 valence electrons. The average molecular weight is 410 g/mol. The Hall–Kier alpha value is -2.05. The normalized spacial score (nSPS) is 29.1. The second-order valence-electron chi connectivity index (χ2n) is 9.44. The fourth-order valence-corrected chi connectivity index (χ4v) is 6.00. The van der Waals surface area contributed by atoms with Crippen molar-refractivity contribution in [3.8, 4) is 0 Å². The van der Waals surface area contributed by atoms with Gasteiger partial charge in [0.15, 0.2) is 5.78 Å². The van der Waals surface area contributed by atoms with Crippen molar-refractivity contribution in [2.45, 2.75) is 56.9 Å². The van der Waals surface area contributed by atoms with Crippen molar-refractivity contribution in [2.75, 3.05) is 26.2 Å². The first-order valence-electron chi connectivity index (χ1n) is 11.6. The van der Waals surface area contributed by atoms with Crippen molar-refractivity contribution in [3.63, 3.8) is 0 Å². The Kier molecular flexibility index (Phi) is 5.46. The number of hydrogen-bond acceptors (Lipinski definition) is 5. The zero-order chi connectivity index (χ0) is 20.7. The minimum Gasteiger partial charge on any atom is -0.317 e. The first kappa shape index (κ1) is 19.9. The Bertz CT molecular complexity index is 853. The van der Waals surface area contributed by atoms with Gasteiger partial charge in [0.2, 0.25) is 11.8 Å². The van der Waals surface area contributed by atoms with Gasteiger partial charge in [0, 0.05) is 29.9 Å². The third kappa shape index (κ3) is 3.71. The van der Waals surface area contributed by atoms with E-state index in [0.29, 0.717) is 25.2 Å². The minimum atomic E-state index is -0.376. The molecule has 3 fully saturated rings. The van der Waals surface area contributed by atoms with Crippen LogP contribution in [-0.2, 0) is 16.0 Å².